The Kier molecular flexibility index (Phi) is 8.30. The van der Waals surface area contributed by atoms with Crippen molar-refractivity contribution in [2.75, 3.05) is 51.3 Å². The number of ether oxygens (including phenoxy) is 1. The monoisotopic (exact) mass is 407 g/mol. The van der Waals surface area contributed by atoms with Crippen LogP contribution in [0.15, 0.2) is 10.6 Å². The van der Waals surface area contributed by atoms with Crippen molar-refractivity contribution in [3.05, 3.63) is 11.8 Å². The van der Waals surface area contributed by atoms with Crippen molar-refractivity contribution in [1.82, 2.24) is 20.3 Å². The molecule has 29 heavy (non-hydrogen) atoms. The van der Waals surface area contributed by atoms with Crippen molar-refractivity contribution in [3.63, 3.8) is 0 Å². The fraction of sp³-hybridized carbons (Fsp3) is 0.750. The van der Waals surface area contributed by atoms with E-state index in [0.29, 0.717) is 18.1 Å². The zero-order valence-corrected chi connectivity index (χ0v) is 17.3. The second kappa shape index (κ2) is 11.2. The molecule has 9 heteroatoms. The molecule has 0 spiro atoms. The van der Waals surface area contributed by atoms with Crippen molar-refractivity contribution < 1.29 is 18.8 Å². The van der Waals surface area contributed by atoms with Crippen LogP contribution >= 0.6 is 0 Å². The van der Waals surface area contributed by atoms with Crippen LogP contribution < -0.4 is 10.6 Å². The van der Waals surface area contributed by atoms with Gasteiger partial charge in [0, 0.05) is 38.3 Å². The van der Waals surface area contributed by atoms with Gasteiger partial charge in [0.2, 0.25) is 5.91 Å². The van der Waals surface area contributed by atoms with Gasteiger partial charge in [0.05, 0.1) is 13.2 Å². The Morgan fingerprint density at radius 3 is 2.69 bits per heavy atom. The van der Waals surface area contributed by atoms with E-state index in [0.717, 1.165) is 65.0 Å². The first-order chi connectivity index (χ1) is 14.1. The number of carbonyl (C=O) groups excluding carboxylic acids is 2. The SMILES string of the molecule is Cc1cc(NC(=O)CN(CCCN2CCOCC2)C(=O)NC2CCCCC2)no1. The minimum Gasteiger partial charge on any atom is -0.379 e. The topological polar surface area (TPSA) is 99.9 Å². The molecule has 0 aromatic carbocycles. The van der Waals surface area contributed by atoms with Crippen molar-refractivity contribution >= 4 is 17.8 Å². The Morgan fingerprint density at radius 2 is 2.00 bits per heavy atom. The van der Waals surface area contributed by atoms with Crippen LogP contribution in [-0.2, 0) is 9.53 Å². The highest BCUT2D eigenvalue weighted by Gasteiger charge is 2.22. The molecular formula is C20H33N5O4. The third-order valence-electron chi connectivity index (χ3n) is 5.46. The Morgan fingerprint density at radius 1 is 1.24 bits per heavy atom. The fourth-order valence-electron chi connectivity index (χ4n) is 3.86. The molecule has 162 valence electrons. The quantitative estimate of drug-likeness (QED) is 0.684. The number of amides is 3. The fourth-order valence-corrected chi connectivity index (χ4v) is 3.86. The number of anilines is 1. The zero-order valence-electron chi connectivity index (χ0n) is 17.3. The van der Waals surface area contributed by atoms with Gasteiger partial charge in [-0.3, -0.25) is 9.69 Å². The first kappa shape index (κ1) is 21.6. The van der Waals surface area contributed by atoms with E-state index in [1.54, 1.807) is 17.9 Å². The van der Waals surface area contributed by atoms with Gasteiger partial charge in [-0.1, -0.05) is 24.4 Å². The lowest BCUT2D eigenvalue weighted by Gasteiger charge is -2.30. The number of rotatable bonds is 8. The van der Waals surface area contributed by atoms with Crippen LogP contribution in [0, 0.1) is 6.92 Å². The number of morpholine rings is 1. The summed E-state index contributed by atoms with van der Waals surface area (Å²) in [4.78, 5) is 29.2. The molecule has 3 amide bonds. The lowest BCUT2D eigenvalue weighted by molar-refractivity contribution is -0.116. The van der Waals surface area contributed by atoms with E-state index in [4.69, 9.17) is 9.26 Å². The normalized spacial score (nSPS) is 18.4. The zero-order chi connectivity index (χ0) is 20.5. The van der Waals surface area contributed by atoms with Crippen LogP contribution in [0.1, 0.15) is 44.3 Å². The van der Waals surface area contributed by atoms with Gasteiger partial charge >= 0.3 is 6.03 Å². The molecule has 1 saturated heterocycles. The van der Waals surface area contributed by atoms with E-state index in [-0.39, 0.29) is 24.5 Å². The molecule has 1 aromatic heterocycles. The third-order valence-corrected chi connectivity index (χ3v) is 5.46. The Labute approximate surface area is 172 Å². The van der Waals surface area contributed by atoms with Gasteiger partial charge in [0.25, 0.3) is 0 Å². The van der Waals surface area contributed by atoms with E-state index in [1.807, 2.05) is 0 Å². The smallest absolute Gasteiger partial charge is 0.318 e. The molecule has 0 atom stereocenters. The lowest BCUT2D eigenvalue weighted by atomic mass is 9.96. The molecule has 2 heterocycles. The number of carbonyl (C=O) groups is 2. The summed E-state index contributed by atoms with van der Waals surface area (Å²) in [5, 5.41) is 9.60. The highest BCUT2D eigenvalue weighted by atomic mass is 16.5. The van der Waals surface area contributed by atoms with E-state index >= 15 is 0 Å². The van der Waals surface area contributed by atoms with Gasteiger partial charge in [-0.2, -0.15) is 0 Å². The molecule has 9 nitrogen and oxygen atoms in total. The second-order valence-electron chi connectivity index (χ2n) is 7.88. The molecule has 0 bridgehead atoms. The van der Waals surface area contributed by atoms with Gasteiger partial charge in [-0.05, 0) is 26.2 Å². The average molecular weight is 408 g/mol. The standard InChI is InChI=1S/C20H33N5O4/c1-16-14-18(23-29-16)22-19(26)15-25(9-5-8-24-10-12-28-13-11-24)20(27)21-17-6-3-2-4-7-17/h14,17H,2-13,15H2,1H3,(H,21,27)(H,22,23,26). The number of aromatic nitrogens is 1. The summed E-state index contributed by atoms with van der Waals surface area (Å²) in [6, 6.07) is 1.70. The van der Waals surface area contributed by atoms with E-state index in [9.17, 15) is 9.59 Å². The van der Waals surface area contributed by atoms with Crippen LogP contribution in [-0.4, -0.2) is 78.9 Å². The maximum atomic E-state index is 12.9. The van der Waals surface area contributed by atoms with Crippen molar-refractivity contribution in [2.24, 2.45) is 0 Å². The number of aryl methyl sites for hydroxylation is 1. The maximum absolute atomic E-state index is 12.9. The van der Waals surface area contributed by atoms with E-state index in [2.05, 4.69) is 20.7 Å². The first-order valence-corrected chi connectivity index (χ1v) is 10.7. The number of nitrogens with zero attached hydrogens (tertiary/aromatic N) is 3. The molecule has 3 rings (SSSR count). The highest BCUT2D eigenvalue weighted by molar-refractivity contribution is 5.93. The van der Waals surface area contributed by atoms with Crippen LogP contribution in [0.5, 0.6) is 0 Å². The second-order valence-corrected chi connectivity index (χ2v) is 7.88. The molecule has 1 saturated carbocycles. The molecule has 0 unspecified atom stereocenters. The van der Waals surface area contributed by atoms with Crippen LogP contribution in [0.25, 0.3) is 0 Å². The highest BCUT2D eigenvalue weighted by Crippen LogP contribution is 2.17. The predicted octanol–water partition coefficient (Wildman–Crippen LogP) is 1.99. The molecule has 2 N–H and O–H groups in total. The molecule has 1 aliphatic heterocycles. The van der Waals surface area contributed by atoms with Crippen molar-refractivity contribution in [1.29, 1.82) is 0 Å². The minimum atomic E-state index is -0.275. The van der Waals surface area contributed by atoms with Crippen molar-refractivity contribution in [2.45, 2.75) is 51.5 Å². The Bertz CT molecular complexity index is 653. The molecule has 2 aliphatic rings. The first-order valence-electron chi connectivity index (χ1n) is 10.7. The van der Waals surface area contributed by atoms with Gasteiger partial charge in [0.15, 0.2) is 5.82 Å². The maximum Gasteiger partial charge on any atom is 0.318 e. The number of hydrogen-bond acceptors (Lipinski definition) is 6. The molecule has 1 aliphatic carbocycles. The summed E-state index contributed by atoms with van der Waals surface area (Å²) in [7, 11) is 0. The van der Waals surface area contributed by atoms with Gasteiger partial charge in [-0.15, -0.1) is 0 Å². The van der Waals surface area contributed by atoms with Gasteiger partial charge < -0.3 is 24.8 Å². The van der Waals surface area contributed by atoms with Crippen LogP contribution in [0.4, 0.5) is 10.6 Å². The average Bonchev–Trinajstić information content (AvgIpc) is 3.13. The van der Waals surface area contributed by atoms with Gasteiger partial charge in [0.1, 0.15) is 12.3 Å². The Hall–Kier alpha value is -2.13. The third kappa shape index (κ3) is 7.32. The Balaban J connectivity index is 1.51. The summed E-state index contributed by atoms with van der Waals surface area (Å²) >= 11 is 0. The van der Waals surface area contributed by atoms with Gasteiger partial charge in [-0.25, -0.2) is 4.79 Å². The summed E-state index contributed by atoms with van der Waals surface area (Å²) in [6.07, 6.45) is 6.36. The number of hydrogen-bond donors (Lipinski definition) is 2. The molecular weight excluding hydrogens is 374 g/mol. The minimum absolute atomic E-state index is 0.00638. The van der Waals surface area contributed by atoms with E-state index in [1.165, 1.54) is 6.42 Å². The summed E-state index contributed by atoms with van der Waals surface area (Å²) in [5.74, 6) is 0.717. The number of nitrogens with one attached hydrogen (secondary N) is 2. The summed E-state index contributed by atoms with van der Waals surface area (Å²) < 4.78 is 10.4. The van der Waals surface area contributed by atoms with Crippen molar-refractivity contribution in [3.8, 4) is 0 Å². The molecule has 0 radical (unpaired) electrons. The number of urea groups is 1. The van der Waals surface area contributed by atoms with Crippen LogP contribution in [0.3, 0.4) is 0 Å². The lowest BCUT2D eigenvalue weighted by Crippen LogP contribution is -2.49. The molecule has 1 aromatic rings. The molecule has 2 fully saturated rings. The predicted molar refractivity (Wildman–Crippen MR) is 109 cm³/mol. The van der Waals surface area contributed by atoms with Crippen LogP contribution in [0.2, 0.25) is 0 Å². The largest absolute Gasteiger partial charge is 0.379 e. The summed E-state index contributed by atoms with van der Waals surface area (Å²) in [5.41, 5.74) is 0. The summed E-state index contributed by atoms with van der Waals surface area (Å²) in [6.45, 7) is 6.52. The van der Waals surface area contributed by atoms with E-state index < -0.39 is 0 Å².